The fourth-order valence-electron chi connectivity index (χ4n) is 1.82. The lowest BCUT2D eigenvalue weighted by atomic mass is 10.1. The van der Waals surface area contributed by atoms with E-state index >= 15 is 0 Å². The Morgan fingerprint density at radius 2 is 1.70 bits per heavy atom. The molecular formula is C16H16N2OS. The molecule has 20 heavy (non-hydrogen) atoms. The molecule has 0 saturated heterocycles. The molecule has 2 aromatic carbocycles. The molecule has 1 amide bonds. The third-order valence-electron chi connectivity index (χ3n) is 2.91. The summed E-state index contributed by atoms with van der Waals surface area (Å²) in [6.45, 7) is 2.49. The van der Waals surface area contributed by atoms with E-state index in [1.54, 1.807) is 6.07 Å². The Labute approximate surface area is 124 Å². The van der Waals surface area contributed by atoms with Crippen LogP contribution < -0.4 is 10.6 Å². The minimum absolute atomic E-state index is 0.186. The van der Waals surface area contributed by atoms with Crippen molar-refractivity contribution in [1.29, 1.82) is 0 Å². The molecule has 2 aromatic rings. The standard InChI is InChI=1S/C16H16N2OS/c1-12-7-5-6-10-14(12)15(19)18-16(20)17-11-13-8-3-2-4-9-13/h2-10H,11H2,1H3,(H2,17,18,19,20). The summed E-state index contributed by atoms with van der Waals surface area (Å²) in [6, 6.07) is 17.3. The van der Waals surface area contributed by atoms with Gasteiger partial charge in [0.25, 0.3) is 5.91 Å². The van der Waals surface area contributed by atoms with E-state index in [9.17, 15) is 4.79 Å². The first kappa shape index (κ1) is 14.2. The maximum Gasteiger partial charge on any atom is 0.257 e. The highest BCUT2D eigenvalue weighted by molar-refractivity contribution is 7.80. The van der Waals surface area contributed by atoms with Gasteiger partial charge in [0.1, 0.15) is 0 Å². The molecule has 0 atom stereocenters. The minimum Gasteiger partial charge on any atom is -0.358 e. The predicted octanol–water partition coefficient (Wildman–Crippen LogP) is 2.80. The average Bonchev–Trinajstić information content (AvgIpc) is 2.46. The number of rotatable bonds is 3. The molecule has 4 heteroatoms. The van der Waals surface area contributed by atoms with Crippen LogP contribution in [0.15, 0.2) is 54.6 Å². The number of hydrogen-bond acceptors (Lipinski definition) is 2. The first-order chi connectivity index (χ1) is 9.66. The zero-order valence-corrected chi connectivity index (χ0v) is 12.0. The number of carbonyl (C=O) groups excluding carboxylic acids is 1. The van der Waals surface area contributed by atoms with Gasteiger partial charge in [0.05, 0.1) is 0 Å². The van der Waals surface area contributed by atoms with Gasteiger partial charge in [0.15, 0.2) is 5.11 Å². The Bertz CT molecular complexity index is 611. The first-order valence-corrected chi connectivity index (χ1v) is 6.76. The number of thiocarbonyl (C=S) groups is 1. The molecule has 0 spiro atoms. The molecule has 0 aliphatic carbocycles. The van der Waals surface area contributed by atoms with Crippen LogP contribution in [0.25, 0.3) is 0 Å². The highest BCUT2D eigenvalue weighted by Crippen LogP contribution is 2.06. The van der Waals surface area contributed by atoms with Crippen LogP contribution in [0, 0.1) is 6.92 Å². The predicted molar refractivity (Wildman–Crippen MR) is 84.5 cm³/mol. The van der Waals surface area contributed by atoms with Gasteiger partial charge in [-0.2, -0.15) is 0 Å². The Morgan fingerprint density at radius 1 is 1.05 bits per heavy atom. The summed E-state index contributed by atoms with van der Waals surface area (Å²) in [7, 11) is 0. The smallest absolute Gasteiger partial charge is 0.257 e. The molecule has 0 saturated carbocycles. The van der Waals surface area contributed by atoms with Crippen molar-refractivity contribution >= 4 is 23.2 Å². The summed E-state index contributed by atoms with van der Waals surface area (Å²) in [4.78, 5) is 12.0. The Balaban J connectivity index is 1.89. The fraction of sp³-hybridized carbons (Fsp3) is 0.125. The van der Waals surface area contributed by atoms with Gasteiger partial charge in [-0.25, -0.2) is 0 Å². The van der Waals surface area contributed by atoms with Crippen LogP contribution >= 0.6 is 12.2 Å². The van der Waals surface area contributed by atoms with Crippen molar-refractivity contribution in [2.24, 2.45) is 0 Å². The Morgan fingerprint density at radius 3 is 2.40 bits per heavy atom. The van der Waals surface area contributed by atoms with Crippen LogP contribution in [0.2, 0.25) is 0 Å². The zero-order chi connectivity index (χ0) is 14.4. The third-order valence-corrected chi connectivity index (χ3v) is 3.16. The van der Waals surface area contributed by atoms with Crippen molar-refractivity contribution < 1.29 is 4.79 Å². The number of aryl methyl sites for hydroxylation is 1. The van der Waals surface area contributed by atoms with Gasteiger partial charge in [0, 0.05) is 12.1 Å². The lowest BCUT2D eigenvalue weighted by Gasteiger charge is -2.10. The first-order valence-electron chi connectivity index (χ1n) is 6.35. The lowest BCUT2D eigenvalue weighted by Crippen LogP contribution is -2.39. The van der Waals surface area contributed by atoms with Crippen molar-refractivity contribution in [3.05, 3.63) is 71.3 Å². The van der Waals surface area contributed by atoms with Crippen LogP contribution in [0.5, 0.6) is 0 Å². The normalized spacial score (nSPS) is 9.85. The maximum absolute atomic E-state index is 12.0. The van der Waals surface area contributed by atoms with Crippen molar-refractivity contribution in [2.45, 2.75) is 13.5 Å². The Kier molecular flexibility index (Phi) is 4.85. The highest BCUT2D eigenvalue weighted by atomic mass is 32.1. The van der Waals surface area contributed by atoms with Crippen molar-refractivity contribution in [3.8, 4) is 0 Å². The molecule has 0 aliphatic heterocycles. The summed E-state index contributed by atoms with van der Waals surface area (Å²) in [5, 5.41) is 6.04. The molecule has 102 valence electrons. The lowest BCUT2D eigenvalue weighted by molar-refractivity contribution is 0.0976. The van der Waals surface area contributed by atoms with E-state index in [0.717, 1.165) is 11.1 Å². The second-order valence-electron chi connectivity index (χ2n) is 4.44. The summed E-state index contributed by atoms with van der Waals surface area (Å²) in [6.07, 6.45) is 0. The minimum atomic E-state index is -0.186. The summed E-state index contributed by atoms with van der Waals surface area (Å²) in [5.41, 5.74) is 2.67. The molecule has 0 aliphatic rings. The van der Waals surface area contributed by atoms with Crippen molar-refractivity contribution in [2.75, 3.05) is 0 Å². The van der Waals surface area contributed by atoms with Crippen LogP contribution in [-0.4, -0.2) is 11.0 Å². The maximum atomic E-state index is 12.0. The van der Waals surface area contributed by atoms with E-state index in [2.05, 4.69) is 10.6 Å². The van der Waals surface area contributed by atoms with E-state index in [1.807, 2.05) is 55.5 Å². The molecule has 0 bridgehead atoms. The SMILES string of the molecule is Cc1ccccc1C(=O)NC(=S)NCc1ccccc1. The summed E-state index contributed by atoms with van der Waals surface area (Å²) < 4.78 is 0. The van der Waals surface area contributed by atoms with E-state index < -0.39 is 0 Å². The van der Waals surface area contributed by atoms with E-state index in [0.29, 0.717) is 17.2 Å². The van der Waals surface area contributed by atoms with Crippen molar-refractivity contribution in [3.63, 3.8) is 0 Å². The number of nitrogens with one attached hydrogen (secondary N) is 2. The van der Waals surface area contributed by atoms with Crippen LogP contribution in [0.4, 0.5) is 0 Å². The number of carbonyl (C=O) groups is 1. The number of amides is 1. The monoisotopic (exact) mass is 284 g/mol. The molecule has 0 radical (unpaired) electrons. The van der Waals surface area contributed by atoms with E-state index in [-0.39, 0.29) is 5.91 Å². The van der Waals surface area contributed by atoms with Gasteiger partial charge < -0.3 is 5.32 Å². The summed E-state index contributed by atoms with van der Waals surface area (Å²) in [5.74, 6) is -0.186. The third kappa shape index (κ3) is 3.90. The molecule has 2 rings (SSSR count). The zero-order valence-electron chi connectivity index (χ0n) is 11.2. The number of hydrogen-bond donors (Lipinski definition) is 2. The fourth-order valence-corrected chi connectivity index (χ4v) is 1.99. The van der Waals surface area contributed by atoms with Crippen molar-refractivity contribution in [1.82, 2.24) is 10.6 Å². The van der Waals surface area contributed by atoms with Crippen LogP contribution in [0.3, 0.4) is 0 Å². The molecule has 0 unspecified atom stereocenters. The van der Waals surface area contributed by atoms with E-state index in [4.69, 9.17) is 12.2 Å². The largest absolute Gasteiger partial charge is 0.358 e. The highest BCUT2D eigenvalue weighted by Gasteiger charge is 2.09. The number of benzene rings is 2. The molecule has 0 aromatic heterocycles. The van der Waals surface area contributed by atoms with E-state index in [1.165, 1.54) is 0 Å². The molecule has 0 fully saturated rings. The van der Waals surface area contributed by atoms with Crippen LogP contribution in [0.1, 0.15) is 21.5 Å². The second kappa shape index (κ2) is 6.82. The quantitative estimate of drug-likeness (QED) is 0.852. The molecule has 0 heterocycles. The Hall–Kier alpha value is -2.20. The molecule has 3 nitrogen and oxygen atoms in total. The summed E-state index contributed by atoms with van der Waals surface area (Å²) >= 11 is 5.13. The second-order valence-corrected chi connectivity index (χ2v) is 4.85. The van der Waals surface area contributed by atoms with Gasteiger partial charge >= 0.3 is 0 Å². The van der Waals surface area contributed by atoms with Gasteiger partial charge in [-0.15, -0.1) is 0 Å². The topological polar surface area (TPSA) is 41.1 Å². The van der Waals surface area contributed by atoms with Gasteiger partial charge in [0.2, 0.25) is 0 Å². The van der Waals surface area contributed by atoms with Crippen LogP contribution in [-0.2, 0) is 6.54 Å². The average molecular weight is 284 g/mol. The van der Waals surface area contributed by atoms with Gasteiger partial charge in [-0.05, 0) is 36.3 Å². The molecule has 2 N–H and O–H groups in total. The molecular weight excluding hydrogens is 268 g/mol. The van der Waals surface area contributed by atoms with Gasteiger partial charge in [-0.1, -0.05) is 48.5 Å². The van der Waals surface area contributed by atoms with Gasteiger partial charge in [-0.3, -0.25) is 10.1 Å².